The van der Waals surface area contributed by atoms with Crippen molar-refractivity contribution in [3.63, 3.8) is 0 Å². The van der Waals surface area contributed by atoms with E-state index in [4.69, 9.17) is 9.15 Å². The molecule has 2 aromatic heterocycles. The fourth-order valence-electron chi connectivity index (χ4n) is 3.87. The third kappa shape index (κ3) is 5.36. The molecule has 158 valence electrons. The number of piperidine rings is 1. The Hall–Kier alpha value is -2.93. The molecular weight excluding hydrogens is 382 g/mol. The second-order valence-electron chi connectivity index (χ2n) is 7.87. The second kappa shape index (κ2) is 9.71. The maximum Gasteiger partial charge on any atom is 0.305 e. The van der Waals surface area contributed by atoms with Crippen molar-refractivity contribution in [2.45, 2.75) is 38.6 Å². The van der Waals surface area contributed by atoms with E-state index in [1.54, 1.807) is 12.3 Å². The average molecular weight is 409 g/mol. The van der Waals surface area contributed by atoms with Crippen molar-refractivity contribution in [3.8, 4) is 0 Å². The van der Waals surface area contributed by atoms with Gasteiger partial charge in [0.25, 0.3) is 5.56 Å². The van der Waals surface area contributed by atoms with Gasteiger partial charge in [0.1, 0.15) is 11.6 Å². The number of aryl methyl sites for hydroxylation is 1. The van der Waals surface area contributed by atoms with Crippen molar-refractivity contribution in [2.75, 3.05) is 19.7 Å². The summed E-state index contributed by atoms with van der Waals surface area (Å²) in [4.78, 5) is 33.8. The number of benzene rings is 1. The zero-order valence-corrected chi connectivity index (χ0v) is 17.0. The molecule has 0 unspecified atom stereocenters. The van der Waals surface area contributed by atoms with Gasteiger partial charge in [0, 0.05) is 12.8 Å². The van der Waals surface area contributed by atoms with Gasteiger partial charge in [-0.25, -0.2) is 4.98 Å². The molecule has 30 heavy (non-hydrogen) atoms. The number of nitrogens with zero attached hydrogens (tertiary/aromatic N) is 2. The molecule has 1 saturated heterocycles. The number of H-pyrrole nitrogens is 1. The maximum atomic E-state index is 12.1. The molecule has 3 heterocycles. The number of furan rings is 1. The zero-order valence-electron chi connectivity index (χ0n) is 17.0. The van der Waals surface area contributed by atoms with Gasteiger partial charge in [0.15, 0.2) is 0 Å². The van der Waals surface area contributed by atoms with Crippen molar-refractivity contribution >= 4 is 16.9 Å². The average Bonchev–Trinajstić information content (AvgIpc) is 3.26. The van der Waals surface area contributed by atoms with Crippen LogP contribution in [0.5, 0.6) is 0 Å². The first-order chi connectivity index (χ1) is 14.7. The number of esters is 1. The standard InChI is InChI=1S/C23H27N3O4/c27-22(9-3-8-21-24-20-7-2-1-6-19(20)23(28)25-21)30-16-17-10-12-26(13-11-17)15-18-5-4-14-29-18/h1-2,4-7,14,17H,3,8-13,15-16H2,(H,24,25,28). The summed E-state index contributed by atoms with van der Waals surface area (Å²) in [5.74, 6) is 1.83. The zero-order chi connectivity index (χ0) is 20.8. The number of rotatable bonds is 8. The summed E-state index contributed by atoms with van der Waals surface area (Å²) in [6, 6.07) is 11.2. The van der Waals surface area contributed by atoms with E-state index in [-0.39, 0.29) is 11.5 Å². The largest absolute Gasteiger partial charge is 0.468 e. The summed E-state index contributed by atoms with van der Waals surface area (Å²) >= 11 is 0. The summed E-state index contributed by atoms with van der Waals surface area (Å²) in [6.45, 7) is 3.30. The van der Waals surface area contributed by atoms with Gasteiger partial charge in [-0.1, -0.05) is 12.1 Å². The normalized spacial score (nSPS) is 15.5. The van der Waals surface area contributed by atoms with Gasteiger partial charge in [-0.2, -0.15) is 0 Å². The molecule has 0 radical (unpaired) electrons. The molecule has 3 aromatic rings. The van der Waals surface area contributed by atoms with Crippen LogP contribution in [-0.2, 0) is 22.5 Å². The Morgan fingerprint density at radius 2 is 2.03 bits per heavy atom. The number of nitrogens with one attached hydrogen (secondary N) is 1. The molecule has 1 aliphatic heterocycles. The van der Waals surface area contributed by atoms with E-state index in [0.29, 0.717) is 48.5 Å². The Morgan fingerprint density at radius 1 is 1.20 bits per heavy atom. The van der Waals surface area contributed by atoms with Gasteiger partial charge in [-0.15, -0.1) is 0 Å². The first-order valence-corrected chi connectivity index (χ1v) is 10.6. The highest BCUT2D eigenvalue weighted by Gasteiger charge is 2.21. The Kier molecular flexibility index (Phi) is 6.59. The smallest absolute Gasteiger partial charge is 0.305 e. The van der Waals surface area contributed by atoms with Crippen LogP contribution in [-0.4, -0.2) is 40.5 Å². The molecular formula is C23H27N3O4. The molecule has 1 aliphatic rings. The van der Waals surface area contributed by atoms with Crippen molar-refractivity contribution in [1.82, 2.24) is 14.9 Å². The van der Waals surface area contributed by atoms with Crippen LogP contribution in [0.15, 0.2) is 51.9 Å². The van der Waals surface area contributed by atoms with E-state index < -0.39 is 0 Å². The number of hydrogen-bond acceptors (Lipinski definition) is 6. The number of likely N-dealkylation sites (tertiary alicyclic amines) is 1. The van der Waals surface area contributed by atoms with Crippen molar-refractivity contribution in [1.29, 1.82) is 0 Å². The van der Waals surface area contributed by atoms with Crippen LogP contribution in [0.1, 0.15) is 37.3 Å². The van der Waals surface area contributed by atoms with Crippen molar-refractivity contribution in [3.05, 3.63) is 64.6 Å². The number of aromatic amines is 1. The maximum absolute atomic E-state index is 12.1. The molecule has 0 amide bonds. The number of hydrogen-bond donors (Lipinski definition) is 1. The number of aromatic nitrogens is 2. The molecule has 0 saturated carbocycles. The monoisotopic (exact) mass is 409 g/mol. The van der Waals surface area contributed by atoms with E-state index in [1.807, 2.05) is 30.3 Å². The quantitative estimate of drug-likeness (QED) is 0.575. The van der Waals surface area contributed by atoms with E-state index in [1.165, 1.54) is 0 Å². The van der Waals surface area contributed by atoms with Crippen molar-refractivity contribution in [2.24, 2.45) is 5.92 Å². The summed E-state index contributed by atoms with van der Waals surface area (Å²) < 4.78 is 10.9. The number of fused-ring (bicyclic) bond motifs is 1. The molecule has 0 atom stereocenters. The molecule has 0 spiro atoms. The predicted molar refractivity (Wildman–Crippen MR) is 113 cm³/mol. The van der Waals surface area contributed by atoms with Gasteiger partial charge < -0.3 is 14.1 Å². The molecule has 7 heteroatoms. The molecule has 7 nitrogen and oxygen atoms in total. The lowest BCUT2D eigenvalue weighted by Crippen LogP contribution is -2.34. The third-order valence-electron chi connectivity index (χ3n) is 5.60. The fraction of sp³-hybridized carbons (Fsp3) is 0.435. The van der Waals surface area contributed by atoms with Gasteiger partial charge in [-0.3, -0.25) is 14.5 Å². The van der Waals surface area contributed by atoms with E-state index in [2.05, 4.69) is 14.9 Å². The van der Waals surface area contributed by atoms with Crippen LogP contribution in [0.2, 0.25) is 0 Å². The summed E-state index contributed by atoms with van der Waals surface area (Å²) in [7, 11) is 0. The van der Waals surface area contributed by atoms with Gasteiger partial charge in [0.05, 0.1) is 30.3 Å². The lowest BCUT2D eigenvalue weighted by Gasteiger charge is -2.30. The fourth-order valence-corrected chi connectivity index (χ4v) is 3.87. The lowest BCUT2D eigenvalue weighted by molar-refractivity contribution is -0.145. The van der Waals surface area contributed by atoms with E-state index in [0.717, 1.165) is 38.2 Å². The number of para-hydroxylation sites is 1. The molecule has 1 N–H and O–H groups in total. The lowest BCUT2D eigenvalue weighted by atomic mass is 9.98. The van der Waals surface area contributed by atoms with Crippen LogP contribution < -0.4 is 5.56 Å². The van der Waals surface area contributed by atoms with Crippen LogP contribution in [0.4, 0.5) is 0 Å². The minimum atomic E-state index is -0.184. The minimum Gasteiger partial charge on any atom is -0.468 e. The van der Waals surface area contributed by atoms with E-state index in [9.17, 15) is 9.59 Å². The highest BCUT2D eigenvalue weighted by molar-refractivity contribution is 5.77. The Morgan fingerprint density at radius 3 is 2.83 bits per heavy atom. The predicted octanol–water partition coefficient (Wildman–Crippen LogP) is 3.29. The number of ether oxygens (including phenoxy) is 1. The Bertz CT molecular complexity index is 1020. The Labute approximate surface area is 175 Å². The first kappa shape index (κ1) is 20.3. The van der Waals surface area contributed by atoms with Gasteiger partial charge in [0.2, 0.25) is 0 Å². The first-order valence-electron chi connectivity index (χ1n) is 10.6. The third-order valence-corrected chi connectivity index (χ3v) is 5.60. The molecule has 0 aliphatic carbocycles. The van der Waals surface area contributed by atoms with Crippen LogP contribution in [0.25, 0.3) is 10.9 Å². The SMILES string of the molecule is O=C(CCCc1nc2ccccc2c(=O)[nH]1)OCC1CCN(Cc2ccco2)CC1. The summed E-state index contributed by atoms with van der Waals surface area (Å²) in [5.41, 5.74) is 0.536. The van der Waals surface area contributed by atoms with Crippen LogP contribution in [0, 0.1) is 5.92 Å². The molecule has 4 rings (SSSR count). The second-order valence-corrected chi connectivity index (χ2v) is 7.87. The number of carbonyl (C=O) groups excluding carboxylic acids is 1. The molecule has 1 fully saturated rings. The van der Waals surface area contributed by atoms with Gasteiger partial charge in [-0.05, 0) is 62.5 Å². The van der Waals surface area contributed by atoms with E-state index >= 15 is 0 Å². The highest BCUT2D eigenvalue weighted by Crippen LogP contribution is 2.20. The molecule has 1 aromatic carbocycles. The summed E-state index contributed by atoms with van der Waals surface area (Å²) in [6.07, 6.45) is 5.22. The topological polar surface area (TPSA) is 88.4 Å². The minimum absolute atomic E-state index is 0.142. The highest BCUT2D eigenvalue weighted by atomic mass is 16.5. The summed E-state index contributed by atoms with van der Waals surface area (Å²) in [5, 5.41) is 0.580. The number of carbonyl (C=O) groups is 1. The van der Waals surface area contributed by atoms with Crippen molar-refractivity contribution < 1.29 is 13.9 Å². The van der Waals surface area contributed by atoms with Crippen LogP contribution in [0.3, 0.4) is 0 Å². The van der Waals surface area contributed by atoms with Crippen LogP contribution >= 0.6 is 0 Å². The Balaban J connectivity index is 1.15. The van der Waals surface area contributed by atoms with Gasteiger partial charge >= 0.3 is 5.97 Å². The molecule has 0 bridgehead atoms.